The van der Waals surface area contributed by atoms with Crippen LogP contribution in [0.4, 0.5) is 0 Å². The van der Waals surface area contributed by atoms with Crippen molar-refractivity contribution in [3.8, 4) is 0 Å². The van der Waals surface area contributed by atoms with Gasteiger partial charge in [0.15, 0.2) is 0 Å². The van der Waals surface area contributed by atoms with Crippen LogP contribution in [0.25, 0.3) is 0 Å². The molecule has 7 nitrogen and oxygen atoms in total. The topological polar surface area (TPSA) is 84.0 Å². The van der Waals surface area contributed by atoms with Crippen molar-refractivity contribution in [2.24, 2.45) is 11.8 Å². The van der Waals surface area contributed by atoms with Gasteiger partial charge >= 0.3 is 5.97 Å². The molecule has 0 spiro atoms. The largest absolute Gasteiger partial charge is 0.336 e. The number of hydroxylamine groups is 2. The minimum absolute atomic E-state index is 0.199. The molecule has 2 fully saturated rings. The quantitative estimate of drug-likeness (QED) is 0.725. The summed E-state index contributed by atoms with van der Waals surface area (Å²) >= 11 is 0. The van der Waals surface area contributed by atoms with Gasteiger partial charge in [-0.2, -0.15) is 0 Å². The zero-order valence-corrected chi connectivity index (χ0v) is 13.4. The molecule has 0 bridgehead atoms. The summed E-state index contributed by atoms with van der Waals surface area (Å²) in [6, 6.07) is 0. The number of carbonyl (C=O) groups is 4. The number of imide groups is 1. The third kappa shape index (κ3) is 3.25. The minimum atomic E-state index is -0.403. The van der Waals surface area contributed by atoms with Crippen molar-refractivity contribution in [2.45, 2.75) is 38.5 Å². The average molecular weight is 332 g/mol. The number of carbonyl (C=O) groups excluding carboxylic acids is 4. The summed E-state index contributed by atoms with van der Waals surface area (Å²) in [4.78, 5) is 53.4. The highest BCUT2D eigenvalue weighted by Gasteiger charge is 2.34. The van der Waals surface area contributed by atoms with Gasteiger partial charge in [0.1, 0.15) is 0 Å². The van der Waals surface area contributed by atoms with E-state index in [-0.39, 0.29) is 29.6 Å². The summed E-state index contributed by atoms with van der Waals surface area (Å²) in [5.74, 6) is -1.24. The predicted octanol–water partition coefficient (Wildman–Crippen LogP) is 1.31. The van der Waals surface area contributed by atoms with Gasteiger partial charge in [0.2, 0.25) is 0 Å². The fourth-order valence-corrected chi connectivity index (χ4v) is 3.36. The molecule has 1 saturated heterocycles. The standard InChI is InChI=1S/C17H20N2O5/c1-11-2-7-16(22)19(11)24-17(23)13-5-3-12(4-6-13)10-18-14(20)8-9-15(18)21/h8-9,12-13H,1-7,10H2. The Balaban J connectivity index is 1.47. The maximum Gasteiger partial charge on any atom is 0.336 e. The molecule has 0 unspecified atom stereocenters. The van der Waals surface area contributed by atoms with Gasteiger partial charge in [0, 0.05) is 25.1 Å². The number of nitrogens with zero attached hydrogens (tertiary/aromatic N) is 2. The zero-order chi connectivity index (χ0) is 17.3. The van der Waals surface area contributed by atoms with Crippen LogP contribution >= 0.6 is 0 Å². The summed E-state index contributed by atoms with van der Waals surface area (Å²) < 4.78 is 0. The Morgan fingerprint density at radius 3 is 2.25 bits per heavy atom. The van der Waals surface area contributed by atoms with Gasteiger partial charge in [-0.3, -0.25) is 19.3 Å². The SMILES string of the molecule is C=C1CCC(=O)N1OC(=O)C1CCC(CN2C(=O)C=CC2=O)CC1. The van der Waals surface area contributed by atoms with Crippen molar-refractivity contribution in [3.63, 3.8) is 0 Å². The van der Waals surface area contributed by atoms with Crippen LogP contribution in [0.5, 0.6) is 0 Å². The Morgan fingerprint density at radius 1 is 1.08 bits per heavy atom. The number of hydrogen-bond donors (Lipinski definition) is 0. The smallest absolute Gasteiger partial charge is 0.333 e. The van der Waals surface area contributed by atoms with E-state index < -0.39 is 5.97 Å². The second kappa shape index (κ2) is 6.59. The third-order valence-corrected chi connectivity index (χ3v) is 4.84. The lowest BCUT2D eigenvalue weighted by molar-refractivity contribution is -0.191. The first-order valence-corrected chi connectivity index (χ1v) is 8.22. The van der Waals surface area contributed by atoms with Crippen molar-refractivity contribution in [1.82, 2.24) is 9.96 Å². The molecule has 2 aliphatic heterocycles. The first-order chi connectivity index (χ1) is 11.5. The molecular weight excluding hydrogens is 312 g/mol. The van der Waals surface area contributed by atoms with Crippen molar-refractivity contribution in [2.75, 3.05) is 6.54 Å². The van der Waals surface area contributed by atoms with Gasteiger partial charge in [0.05, 0.1) is 11.6 Å². The zero-order valence-electron chi connectivity index (χ0n) is 13.4. The van der Waals surface area contributed by atoms with E-state index in [1.54, 1.807) is 0 Å². The Morgan fingerprint density at radius 2 is 1.71 bits per heavy atom. The van der Waals surface area contributed by atoms with Crippen molar-refractivity contribution in [3.05, 3.63) is 24.4 Å². The lowest BCUT2D eigenvalue weighted by atomic mass is 9.82. The highest BCUT2D eigenvalue weighted by molar-refractivity contribution is 6.12. The van der Waals surface area contributed by atoms with E-state index in [9.17, 15) is 19.2 Å². The van der Waals surface area contributed by atoms with E-state index in [1.165, 1.54) is 17.1 Å². The lowest BCUT2D eigenvalue weighted by Crippen LogP contribution is -2.37. The highest BCUT2D eigenvalue weighted by atomic mass is 16.7. The fraction of sp³-hybridized carbons (Fsp3) is 0.529. The van der Waals surface area contributed by atoms with Crippen LogP contribution in [-0.2, 0) is 24.0 Å². The molecule has 3 aliphatic rings. The van der Waals surface area contributed by atoms with Gasteiger partial charge in [0.25, 0.3) is 17.7 Å². The number of rotatable bonds is 4. The second-order valence-corrected chi connectivity index (χ2v) is 6.50. The van der Waals surface area contributed by atoms with Crippen LogP contribution in [0.1, 0.15) is 38.5 Å². The molecule has 0 aromatic rings. The summed E-state index contributed by atoms with van der Waals surface area (Å²) in [6.07, 6.45) is 6.15. The summed E-state index contributed by atoms with van der Waals surface area (Å²) in [7, 11) is 0. The summed E-state index contributed by atoms with van der Waals surface area (Å²) in [6.45, 7) is 4.12. The van der Waals surface area contributed by atoms with Gasteiger partial charge in [-0.25, -0.2) is 4.79 Å². The lowest BCUT2D eigenvalue weighted by Gasteiger charge is -2.30. The Bertz CT molecular complexity index is 597. The normalized spacial score (nSPS) is 27.3. The maximum atomic E-state index is 12.2. The van der Waals surface area contributed by atoms with Crippen molar-refractivity contribution >= 4 is 23.7 Å². The average Bonchev–Trinajstić information content (AvgIpc) is 3.05. The molecule has 1 saturated carbocycles. The van der Waals surface area contributed by atoms with E-state index in [4.69, 9.17) is 4.84 Å². The van der Waals surface area contributed by atoms with Gasteiger partial charge in [-0.15, -0.1) is 5.06 Å². The predicted molar refractivity (Wildman–Crippen MR) is 82.6 cm³/mol. The second-order valence-electron chi connectivity index (χ2n) is 6.50. The van der Waals surface area contributed by atoms with Gasteiger partial charge < -0.3 is 4.84 Å². The molecule has 3 amide bonds. The van der Waals surface area contributed by atoms with Crippen LogP contribution in [0, 0.1) is 11.8 Å². The Hall–Kier alpha value is -2.44. The minimum Gasteiger partial charge on any atom is -0.333 e. The van der Waals surface area contributed by atoms with Gasteiger partial charge in [-0.1, -0.05) is 6.58 Å². The Labute approximate surface area is 139 Å². The van der Waals surface area contributed by atoms with E-state index in [2.05, 4.69) is 6.58 Å². The molecule has 0 radical (unpaired) electrons. The Kier molecular flexibility index (Phi) is 4.51. The van der Waals surface area contributed by atoms with Crippen LogP contribution in [0.3, 0.4) is 0 Å². The van der Waals surface area contributed by atoms with Crippen LogP contribution in [-0.4, -0.2) is 40.2 Å². The van der Waals surface area contributed by atoms with E-state index in [0.717, 1.165) is 17.9 Å². The molecule has 0 atom stereocenters. The molecular formula is C17H20N2O5. The highest BCUT2D eigenvalue weighted by Crippen LogP contribution is 2.32. The van der Waals surface area contributed by atoms with Crippen LogP contribution in [0.15, 0.2) is 24.4 Å². The number of amides is 3. The maximum absolute atomic E-state index is 12.2. The first-order valence-electron chi connectivity index (χ1n) is 8.22. The third-order valence-electron chi connectivity index (χ3n) is 4.84. The summed E-state index contributed by atoms with van der Waals surface area (Å²) in [5, 5.41) is 1.02. The number of allylic oxidation sites excluding steroid dienone is 1. The molecule has 7 heteroatoms. The van der Waals surface area contributed by atoms with Crippen molar-refractivity contribution < 1.29 is 24.0 Å². The molecule has 0 N–H and O–H groups in total. The molecule has 3 rings (SSSR count). The molecule has 2 heterocycles. The summed E-state index contributed by atoms with van der Waals surface area (Å²) in [5.41, 5.74) is 0.514. The van der Waals surface area contributed by atoms with Crippen LogP contribution in [0.2, 0.25) is 0 Å². The molecule has 128 valence electrons. The van der Waals surface area contributed by atoms with E-state index in [0.29, 0.717) is 37.9 Å². The van der Waals surface area contributed by atoms with E-state index in [1.807, 2.05) is 0 Å². The first kappa shape index (κ1) is 16.4. The van der Waals surface area contributed by atoms with Gasteiger partial charge in [-0.05, 0) is 38.0 Å². The molecule has 1 aliphatic carbocycles. The van der Waals surface area contributed by atoms with Crippen LogP contribution < -0.4 is 0 Å². The fourth-order valence-electron chi connectivity index (χ4n) is 3.36. The van der Waals surface area contributed by atoms with Crippen molar-refractivity contribution in [1.29, 1.82) is 0 Å². The molecule has 24 heavy (non-hydrogen) atoms. The number of hydrogen-bond acceptors (Lipinski definition) is 5. The molecule has 0 aromatic heterocycles. The van der Waals surface area contributed by atoms with E-state index >= 15 is 0 Å². The molecule has 0 aromatic carbocycles. The monoisotopic (exact) mass is 332 g/mol.